The lowest BCUT2D eigenvalue weighted by molar-refractivity contribution is 0.0476. The van der Waals surface area contributed by atoms with E-state index in [1.165, 1.54) is 0 Å². The van der Waals surface area contributed by atoms with Crippen molar-refractivity contribution in [3.05, 3.63) is 17.2 Å². The second-order valence-corrected chi connectivity index (χ2v) is 4.93. The zero-order chi connectivity index (χ0) is 13.9. The van der Waals surface area contributed by atoms with Crippen LogP contribution in [0.4, 0.5) is 0 Å². The quantitative estimate of drug-likeness (QED) is 0.791. The number of esters is 1. The molecule has 0 aliphatic carbocycles. The summed E-state index contributed by atoms with van der Waals surface area (Å²) < 4.78 is 4.96. The molecule has 0 radical (unpaired) electrons. The van der Waals surface area contributed by atoms with E-state index >= 15 is 0 Å². The summed E-state index contributed by atoms with van der Waals surface area (Å²) in [6.07, 6.45) is 0.904. The van der Waals surface area contributed by atoms with E-state index in [9.17, 15) is 9.90 Å². The Balaban J connectivity index is 3.21. The molecule has 0 spiro atoms. The van der Waals surface area contributed by atoms with Gasteiger partial charge in [-0.3, -0.25) is 0 Å². The first kappa shape index (κ1) is 14.7. The number of imidazole rings is 1. The maximum atomic E-state index is 11.8. The van der Waals surface area contributed by atoms with E-state index in [1.54, 1.807) is 20.8 Å². The second kappa shape index (κ2) is 5.52. The van der Waals surface area contributed by atoms with E-state index in [1.807, 2.05) is 13.8 Å². The van der Waals surface area contributed by atoms with Gasteiger partial charge in [-0.15, -0.1) is 0 Å². The van der Waals surface area contributed by atoms with Crippen LogP contribution >= 0.6 is 0 Å². The smallest absolute Gasteiger partial charge is 0.358 e. The van der Waals surface area contributed by atoms with Crippen LogP contribution in [0.5, 0.6) is 0 Å². The number of rotatable bonds is 5. The summed E-state index contributed by atoms with van der Waals surface area (Å²) in [5.41, 5.74) is -0.559. The van der Waals surface area contributed by atoms with E-state index in [-0.39, 0.29) is 18.2 Å². The normalized spacial score (nSPS) is 13.4. The molecule has 5 heteroatoms. The van der Waals surface area contributed by atoms with Crippen LogP contribution in [0.1, 0.15) is 69.0 Å². The van der Waals surface area contributed by atoms with E-state index < -0.39 is 11.6 Å². The Morgan fingerprint density at radius 1 is 1.50 bits per heavy atom. The Morgan fingerprint density at radius 2 is 2.11 bits per heavy atom. The average Bonchev–Trinajstić information content (AvgIpc) is 2.72. The maximum absolute atomic E-state index is 11.8. The molecule has 0 aliphatic heterocycles. The first-order chi connectivity index (χ1) is 8.31. The molecule has 0 fully saturated rings. The highest BCUT2D eigenvalue weighted by Crippen LogP contribution is 2.25. The molecule has 0 saturated heterocycles. The Labute approximate surface area is 108 Å². The SMILES string of the molecule is CCOC(=O)c1nc(C(C)CC)[nH]c1C(C)(C)O. The highest BCUT2D eigenvalue weighted by Gasteiger charge is 2.29. The van der Waals surface area contributed by atoms with Gasteiger partial charge in [0.1, 0.15) is 11.4 Å². The van der Waals surface area contributed by atoms with Crippen LogP contribution in [0.15, 0.2) is 0 Å². The third kappa shape index (κ3) is 3.10. The summed E-state index contributed by atoms with van der Waals surface area (Å²) >= 11 is 0. The monoisotopic (exact) mass is 254 g/mol. The molecule has 0 aromatic carbocycles. The second-order valence-electron chi connectivity index (χ2n) is 4.93. The van der Waals surface area contributed by atoms with Gasteiger partial charge in [0.05, 0.1) is 12.3 Å². The van der Waals surface area contributed by atoms with Crippen molar-refractivity contribution >= 4 is 5.97 Å². The number of H-pyrrole nitrogens is 1. The summed E-state index contributed by atoms with van der Waals surface area (Å²) in [5.74, 6) is 0.410. The molecule has 0 amide bonds. The fraction of sp³-hybridized carbons (Fsp3) is 0.692. The van der Waals surface area contributed by atoms with Crippen molar-refractivity contribution in [2.75, 3.05) is 6.61 Å². The molecule has 1 unspecified atom stereocenters. The van der Waals surface area contributed by atoms with Gasteiger partial charge in [-0.25, -0.2) is 9.78 Å². The van der Waals surface area contributed by atoms with E-state index in [4.69, 9.17) is 4.74 Å². The van der Waals surface area contributed by atoms with Gasteiger partial charge in [0.25, 0.3) is 0 Å². The molecule has 1 atom stereocenters. The molecule has 1 aromatic rings. The summed E-state index contributed by atoms with van der Waals surface area (Å²) in [7, 11) is 0. The van der Waals surface area contributed by atoms with Gasteiger partial charge in [-0.1, -0.05) is 13.8 Å². The van der Waals surface area contributed by atoms with Gasteiger partial charge in [-0.2, -0.15) is 0 Å². The zero-order valence-electron chi connectivity index (χ0n) is 11.7. The average molecular weight is 254 g/mol. The molecule has 18 heavy (non-hydrogen) atoms. The van der Waals surface area contributed by atoms with Gasteiger partial charge in [-0.05, 0) is 27.2 Å². The molecule has 2 N–H and O–H groups in total. The molecule has 0 bridgehead atoms. The van der Waals surface area contributed by atoms with Crippen LogP contribution in [0.2, 0.25) is 0 Å². The molecular formula is C13H22N2O3. The van der Waals surface area contributed by atoms with Crippen molar-refractivity contribution in [2.24, 2.45) is 0 Å². The summed E-state index contributed by atoms with van der Waals surface area (Å²) in [5, 5.41) is 10.1. The molecule has 5 nitrogen and oxygen atoms in total. The van der Waals surface area contributed by atoms with E-state index in [0.717, 1.165) is 6.42 Å². The number of hydrogen-bond acceptors (Lipinski definition) is 4. The fourth-order valence-corrected chi connectivity index (χ4v) is 1.61. The zero-order valence-corrected chi connectivity index (χ0v) is 11.7. The molecule has 102 valence electrons. The molecule has 1 heterocycles. The van der Waals surface area contributed by atoms with Crippen molar-refractivity contribution in [1.82, 2.24) is 9.97 Å². The van der Waals surface area contributed by atoms with Gasteiger partial charge < -0.3 is 14.8 Å². The number of hydrogen-bond donors (Lipinski definition) is 2. The minimum Gasteiger partial charge on any atom is -0.461 e. The summed E-state index contributed by atoms with van der Waals surface area (Å²) in [4.78, 5) is 19.1. The third-order valence-corrected chi connectivity index (χ3v) is 2.88. The highest BCUT2D eigenvalue weighted by molar-refractivity contribution is 5.89. The summed E-state index contributed by atoms with van der Waals surface area (Å²) in [6, 6.07) is 0. The van der Waals surface area contributed by atoms with Crippen LogP contribution in [-0.4, -0.2) is 27.7 Å². The molecular weight excluding hydrogens is 232 g/mol. The van der Waals surface area contributed by atoms with Crippen molar-refractivity contribution in [3.8, 4) is 0 Å². The number of carbonyl (C=O) groups excluding carboxylic acids is 1. The first-order valence-electron chi connectivity index (χ1n) is 6.31. The predicted octanol–water partition coefficient (Wildman–Crippen LogP) is 2.33. The largest absolute Gasteiger partial charge is 0.461 e. The fourth-order valence-electron chi connectivity index (χ4n) is 1.61. The van der Waals surface area contributed by atoms with Crippen LogP contribution in [0.25, 0.3) is 0 Å². The number of aliphatic hydroxyl groups is 1. The minimum absolute atomic E-state index is 0.180. The highest BCUT2D eigenvalue weighted by atomic mass is 16.5. The van der Waals surface area contributed by atoms with Crippen LogP contribution in [0.3, 0.4) is 0 Å². The van der Waals surface area contributed by atoms with Gasteiger partial charge in [0.15, 0.2) is 5.69 Å². The lowest BCUT2D eigenvalue weighted by Crippen LogP contribution is -2.21. The predicted molar refractivity (Wildman–Crippen MR) is 68.5 cm³/mol. The minimum atomic E-state index is -1.15. The Morgan fingerprint density at radius 3 is 2.56 bits per heavy atom. The number of nitrogens with one attached hydrogen (secondary N) is 1. The van der Waals surface area contributed by atoms with Crippen molar-refractivity contribution in [2.45, 2.75) is 52.6 Å². The van der Waals surface area contributed by atoms with Gasteiger partial charge in [0.2, 0.25) is 0 Å². The van der Waals surface area contributed by atoms with E-state index in [2.05, 4.69) is 9.97 Å². The van der Waals surface area contributed by atoms with Crippen molar-refractivity contribution in [1.29, 1.82) is 0 Å². The third-order valence-electron chi connectivity index (χ3n) is 2.88. The topological polar surface area (TPSA) is 75.2 Å². The van der Waals surface area contributed by atoms with Crippen molar-refractivity contribution < 1.29 is 14.6 Å². The Kier molecular flexibility index (Phi) is 4.51. The van der Waals surface area contributed by atoms with Gasteiger partial charge >= 0.3 is 5.97 Å². The number of ether oxygens (including phenoxy) is 1. The van der Waals surface area contributed by atoms with Crippen LogP contribution in [-0.2, 0) is 10.3 Å². The number of nitrogens with zero attached hydrogens (tertiary/aromatic N) is 1. The van der Waals surface area contributed by atoms with E-state index in [0.29, 0.717) is 11.5 Å². The molecule has 1 aromatic heterocycles. The lowest BCUT2D eigenvalue weighted by atomic mass is 10.0. The standard InChI is InChI=1S/C13H22N2O3/c1-6-8(3)11-14-9(12(16)18-7-2)10(15-11)13(4,5)17/h8,17H,6-7H2,1-5H3,(H,14,15). The number of aromatic amines is 1. The molecule has 0 saturated carbocycles. The maximum Gasteiger partial charge on any atom is 0.358 e. The van der Waals surface area contributed by atoms with Crippen LogP contribution < -0.4 is 0 Å². The summed E-state index contributed by atoms with van der Waals surface area (Å²) in [6.45, 7) is 9.32. The lowest BCUT2D eigenvalue weighted by Gasteiger charge is -2.16. The Hall–Kier alpha value is -1.36. The van der Waals surface area contributed by atoms with Gasteiger partial charge in [0, 0.05) is 5.92 Å². The number of aromatic nitrogens is 2. The van der Waals surface area contributed by atoms with Crippen molar-refractivity contribution in [3.63, 3.8) is 0 Å². The number of carbonyl (C=O) groups is 1. The molecule has 0 aliphatic rings. The first-order valence-corrected chi connectivity index (χ1v) is 6.31. The molecule has 1 rings (SSSR count). The Bertz CT molecular complexity index is 418. The van der Waals surface area contributed by atoms with Crippen LogP contribution in [0, 0.1) is 0 Å².